The number of pyridine rings is 1. The molecule has 5 rings (SSSR count). The van der Waals surface area contributed by atoms with E-state index in [9.17, 15) is 18.3 Å². The highest BCUT2D eigenvalue weighted by Crippen LogP contribution is 2.31. The molecule has 4 heterocycles. The van der Waals surface area contributed by atoms with Gasteiger partial charge in [0.2, 0.25) is 0 Å². The summed E-state index contributed by atoms with van der Waals surface area (Å²) in [6, 6.07) is 7.36. The van der Waals surface area contributed by atoms with Crippen LogP contribution in [0.3, 0.4) is 0 Å². The van der Waals surface area contributed by atoms with E-state index >= 15 is 0 Å². The van der Waals surface area contributed by atoms with Crippen molar-refractivity contribution < 1.29 is 18.3 Å². The van der Waals surface area contributed by atoms with Crippen LogP contribution in [0.4, 0.5) is 30.6 Å². The van der Waals surface area contributed by atoms with E-state index < -0.39 is 24.4 Å². The second-order valence-electron chi connectivity index (χ2n) is 7.96. The number of nitriles is 1. The molecule has 0 saturated carbocycles. The van der Waals surface area contributed by atoms with Gasteiger partial charge >= 0.3 is 0 Å². The van der Waals surface area contributed by atoms with Crippen molar-refractivity contribution in [3.05, 3.63) is 59.4 Å². The van der Waals surface area contributed by atoms with Crippen LogP contribution in [-0.2, 0) is 0 Å². The number of rotatable bonds is 4. The number of hydrogen-bond acceptors (Lipinski definition) is 8. The number of piperidine rings is 1. The van der Waals surface area contributed by atoms with Gasteiger partial charge < -0.3 is 15.3 Å². The standard InChI is InChI=1S/C22H16ClF3N8O/c23-14-3-12(7-27)4-15(24)21(14)34-16-5-18(28-8-13(16)9-31-34)32-19-6-20(30-11-29-19)33-2-1-17(35)22(25,26)10-33/h3-6,8-9,11,17,35H,1-2,10H2,(H,28,29,30,32). The molecule has 1 atom stereocenters. The largest absolute Gasteiger partial charge is 0.387 e. The first-order valence-corrected chi connectivity index (χ1v) is 10.8. The lowest BCUT2D eigenvalue weighted by Gasteiger charge is -2.36. The fourth-order valence-electron chi connectivity index (χ4n) is 3.84. The Bertz CT molecular complexity index is 1450. The fraction of sp³-hybridized carbons (Fsp3) is 0.227. The minimum Gasteiger partial charge on any atom is -0.387 e. The molecule has 0 amide bonds. The molecule has 13 heteroatoms. The molecule has 1 aliphatic rings. The number of fused-ring (bicyclic) bond motifs is 1. The summed E-state index contributed by atoms with van der Waals surface area (Å²) in [5.74, 6) is -3.07. The average Bonchev–Trinajstić information content (AvgIpc) is 3.23. The van der Waals surface area contributed by atoms with Crippen molar-refractivity contribution in [2.45, 2.75) is 18.4 Å². The van der Waals surface area contributed by atoms with Gasteiger partial charge in [0.1, 0.15) is 35.6 Å². The quantitative estimate of drug-likeness (QED) is 0.434. The van der Waals surface area contributed by atoms with Crippen LogP contribution in [-0.4, -0.2) is 55.0 Å². The topological polar surface area (TPSA) is 116 Å². The fourth-order valence-corrected chi connectivity index (χ4v) is 4.13. The van der Waals surface area contributed by atoms with Crippen LogP contribution in [0.2, 0.25) is 5.02 Å². The van der Waals surface area contributed by atoms with Gasteiger partial charge in [-0.3, -0.25) is 0 Å². The number of aliphatic hydroxyl groups is 1. The van der Waals surface area contributed by atoms with Gasteiger partial charge in [-0.1, -0.05) is 11.6 Å². The molecule has 0 radical (unpaired) electrons. The molecule has 0 aliphatic carbocycles. The van der Waals surface area contributed by atoms with Crippen LogP contribution >= 0.6 is 11.6 Å². The molecule has 3 aromatic heterocycles. The summed E-state index contributed by atoms with van der Waals surface area (Å²) in [7, 11) is 0. The highest BCUT2D eigenvalue weighted by molar-refractivity contribution is 6.32. The molecule has 1 aromatic carbocycles. The molecule has 4 aromatic rings. The van der Waals surface area contributed by atoms with Crippen LogP contribution in [0.5, 0.6) is 0 Å². The van der Waals surface area contributed by atoms with Crippen molar-refractivity contribution in [1.82, 2.24) is 24.7 Å². The highest BCUT2D eigenvalue weighted by Gasteiger charge is 2.44. The lowest BCUT2D eigenvalue weighted by atomic mass is 10.0. The van der Waals surface area contributed by atoms with Gasteiger partial charge in [-0.05, 0) is 18.6 Å². The first-order chi connectivity index (χ1) is 16.7. The Balaban J connectivity index is 1.45. The monoisotopic (exact) mass is 500 g/mol. The van der Waals surface area contributed by atoms with Gasteiger partial charge in [0.25, 0.3) is 5.92 Å². The van der Waals surface area contributed by atoms with E-state index in [1.807, 2.05) is 6.07 Å². The summed E-state index contributed by atoms with van der Waals surface area (Å²) in [6.45, 7) is -0.446. The van der Waals surface area contributed by atoms with Crippen molar-refractivity contribution in [3.63, 3.8) is 0 Å². The van der Waals surface area contributed by atoms with Crippen molar-refractivity contribution in [2.24, 2.45) is 0 Å². The first-order valence-electron chi connectivity index (χ1n) is 10.4. The number of hydrogen-bond donors (Lipinski definition) is 2. The van der Waals surface area contributed by atoms with Crippen LogP contribution in [0.1, 0.15) is 12.0 Å². The highest BCUT2D eigenvalue weighted by atomic mass is 35.5. The minimum atomic E-state index is -3.25. The van der Waals surface area contributed by atoms with Crippen molar-refractivity contribution in [3.8, 4) is 11.8 Å². The van der Waals surface area contributed by atoms with E-state index in [0.29, 0.717) is 22.5 Å². The van der Waals surface area contributed by atoms with E-state index in [2.05, 4.69) is 25.4 Å². The maximum atomic E-state index is 14.7. The lowest BCUT2D eigenvalue weighted by Crippen LogP contribution is -2.51. The van der Waals surface area contributed by atoms with E-state index in [1.165, 1.54) is 40.4 Å². The molecule has 2 N–H and O–H groups in total. The number of alkyl halides is 2. The molecule has 0 bridgehead atoms. The normalized spacial score (nSPS) is 17.4. The van der Waals surface area contributed by atoms with Crippen molar-refractivity contribution in [2.75, 3.05) is 23.3 Å². The minimum absolute atomic E-state index is 0.0155. The number of nitrogens with zero attached hydrogens (tertiary/aromatic N) is 7. The molecular formula is C22H16ClF3N8O. The molecule has 1 unspecified atom stereocenters. The predicted molar refractivity (Wildman–Crippen MR) is 122 cm³/mol. The van der Waals surface area contributed by atoms with Gasteiger partial charge in [-0.25, -0.2) is 32.8 Å². The zero-order valence-electron chi connectivity index (χ0n) is 17.8. The third kappa shape index (κ3) is 4.31. The van der Waals surface area contributed by atoms with E-state index in [1.54, 1.807) is 6.07 Å². The SMILES string of the molecule is N#Cc1cc(F)c(-n2ncc3cnc(Nc4cc(N5CCC(O)C(F)(F)C5)ncn4)cc32)c(Cl)c1. The third-order valence-electron chi connectivity index (χ3n) is 5.60. The summed E-state index contributed by atoms with van der Waals surface area (Å²) in [5, 5.41) is 26.3. The Kier molecular flexibility index (Phi) is 5.66. The number of anilines is 3. The van der Waals surface area contributed by atoms with Gasteiger partial charge in [0.05, 0.1) is 34.9 Å². The predicted octanol–water partition coefficient (Wildman–Crippen LogP) is 3.82. The van der Waals surface area contributed by atoms with Crippen LogP contribution < -0.4 is 10.2 Å². The van der Waals surface area contributed by atoms with Gasteiger partial charge in [-0.2, -0.15) is 10.4 Å². The molecule has 178 valence electrons. The average molecular weight is 501 g/mol. The smallest absolute Gasteiger partial charge is 0.290 e. The first kappa shape index (κ1) is 22.8. The van der Waals surface area contributed by atoms with Crippen molar-refractivity contribution >= 4 is 40.0 Å². The summed E-state index contributed by atoms with van der Waals surface area (Å²) < 4.78 is 43.9. The van der Waals surface area contributed by atoms with E-state index in [4.69, 9.17) is 16.9 Å². The second kappa shape index (κ2) is 8.68. The molecule has 1 fully saturated rings. The molecule has 1 saturated heterocycles. The Hall–Kier alpha value is -3.95. The number of nitrogens with one attached hydrogen (secondary N) is 1. The summed E-state index contributed by atoms with van der Waals surface area (Å²) in [5.41, 5.74) is 0.541. The Labute approximate surface area is 201 Å². The third-order valence-corrected chi connectivity index (χ3v) is 5.89. The Morgan fingerprint density at radius 2 is 1.94 bits per heavy atom. The molecule has 35 heavy (non-hydrogen) atoms. The Morgan fingerprint density at radius 1 is 1.14 bits per heavy atom. The molecule has 9 nitrogen and oxygen atoms in total. The number of aliphatic hydroxyl groups excluding tert-OH is 1. The van der Waals surface area contributed by atoms with Gasteiger partial charge in [0.15, 0.2) is 5.82 Å². The maximum Gasteiger partial charge on any atom is 0.290 e. The maximum absolute atomic E-state index is 14.7. The van der Waals surface area contributed by atoms with Crippen molar-refractivity contribution in [1.29, 1.82) is 5.26 Å². The second-order valence-corrected chi connectivity index (χ2v) is 8.37. The van der Waals surface area contributed by atoms with E-state index in [0.717, 1.165) is 6.07 Å². The molecular weight excluding hydrogens is 485 g/mol. The number of halogens is 4. The molecule has 1 aliphatic heterocycles. The van der Waals surface area contributed by atoms with Gasteiger partial charge in [-0.15, -0.1) is 0 Å². The summed E-state index contributed by atoms with van der Waals surface area (Å²) in [4.78, 5) is 13.9. The number of benzene rings is 1. The zero-order valence-corrected chi connectivity index (χ0v) is 18.6. The van der Waals surface area contributed by atoms with Gasteiger partial charge in [0, 0.05) is 30.3 Å². The Morgan fingerprint density at radius 3 is 2.69 bits per heavy atom. The van der Waals surface area contributed by atoms with Crippen LogP contribution in [0.25, 0.3) is 16.6 Å². The van der Waals surface area contributed by atoms with Crippen LogP contribution in [0, 0.1) is 17.1 Å². The van der Waals surface area contributed by atoms with E-state index in [-0.39, 0.29) is 35.1 Å². The zero-order chi connectivity index (χ0) is 24.7. The lowest BCUT2D eigenvalue weighted by molar-refractivity contribution is -0.113. The van der Waals surface area contributed by atoms with Crippen LogP contribution in [0.15, 0.2) is 43.0 Å². The summed E-state index contributed by atoms with van der Waals surface area (Å²) in [6.07, 6.45) is 2.47. The summed E-state index contributed by atoms with van der Waals surface area (Å²) >= 11 is 6.22. The number of aromatic nitrogens is 5. The molecule has 0 spiro atoms.